The van der Waals surface area contributed by atoms with Gasteiger partial charge in [0.2, 0.25) is 11.6 Å². The van der Waals surface area contributed by atoms with Crippen molar-refractivity contribution in [2.45, 2.75) is 76.4 Å². The van der Waals surface area contributed by atoms with Gasteiger partial charge in [0, 0.05) is 0 Å². The monoisotopic (exact) mass is 425 g/mol. The Kier molecular flexibility index (Phi) is 5.39. The van der Waals surface area contributed by atoms with Gasteiger partial charge in [-0.3, -0.25) is 0 Å². The molecular formula is C20H27NO9. The third kappa shape index (κ3) is 3.97. The molecule has 4 heterocycles. The number of carbonyl (C=O) groups excluding carboxylic acids is 1. The van der Waals surface area contributed by atoms with Gasteiger partial charge in [0.25, 0.3) is 0 Å². The fraction of sp³-hybridized carbons (Fsp3) is 0.700. The molecular weight excluding hydrogens is 398 g/mol. The Morgan fingerprint density at radius 2 is 1.70 bits per heavy atom. The molecule has 0 unspecified atom stereocenters. The average molecular weight is 425 g/mol. The van der Waals surface area contributed by atoms with Crippen molar-refractivity contribution in [3.05, 3.63) is 17.7 Å². The standard InChI is InChI=1S/C20H27NO9/c1-19(2)27-13-10(25-18-15(14(13)28-19)29-20(3,4)30-18)8-7-9-11-21-12(16(22)23-5)17(24-6)26-11/h7,9-10,13-15,18H,8H2,1-6H3/b9-7+/t10-,13+,14+,15-,18-/m1/s1. The van der Waals surface area contributed by atoms with Crippen LogP contribution in [0.25, 0.3) is 6.08 Å². The Hall–Kier alpha value is -1.98. The highest BCUT2D eigenvalue weighted by Crippen LogP contribution is 2.44. The van der Waals surface area contributed by atoms with Gasteiger partial charge in [-0.05, 0) is 40.2 Å². The van der Waals surface area contributed by atoms with Crippen LogP contribution in [0.5, 0.6) is 5.95 Å². The van der Waals surface area contributed by atoms with Crippen LogP contribution in [0.1, 0.15) is 50.5 Å². The van der Waals surface area contributed by atoms with Gasteiger partial charge in [-0.1, -0.05) is 6.08 Å². The maximum Gasteiger partial charge on any atom is 0.364 e. The first-order valence-electron chi connectivity index (χ1n) is 9.79. The van der Waals surface area contributed by atoms with E-state index in [1.165, 1.54) is 14.2 Å². The second kappa shape index (κ2) is 7.61. The number of aromatic nitrogens is 1. The minimum atomic E-state index is -0.764. The number of oxazole rings is 1. The van der Waals surface area contributed by atoms with E-state index in [1.54, 1.807) is 6.08 Å². The molecule has 10 nitrogen and oxygen atoms in total. The molecule has 0 radical (unpaired) electrons. The third-order valence-corrected chi connectivity index (χ3v) is 5.06. The number of nitrogens with zero attached hydrogens (tertiary/aromatic N) is 1. The van der Waals surface area contributed by atoms with Crippen molar-refractivity contribution in [3.63, 3.8) is 0 Å². The molecule has 1 aromatic heterocycles. The molecule has 30 heavy (non-hydrogen) atoms. The summed E-state index contributed by atoms with van der Waals surface area (Å²) in [6.45, 7) is 7.41. The first-order chi connectivity index (χ1) is 14.1. The van der Waals surface area contributed by atoms with Gasteiger partial charge in [-0.15, -0.1) is 0 Å². The van der Waals surface area contributed by atoms with Crippen molar-refractivity contribution >= 4 is 12.0 Å². The predicted octanol–water partition coefficient (Wildman–Crippen LogP) is 2.27. The minimum absolute atomic E-state index is 0.00802. The van der Waals surface area contributed by atoms with Crippen LogP contribution in [-0.2, 0) is 28.4 Å². The van der Waals surface area contributed by atoms with Crippen LogP contribution in [0.15, 0.2) is 10.5 Å². The summed E-state index contributed by atoms with van der Waals surface area (Å²) in [6, 6.07) is 0. The highest BCUT2D eigenvalue weighted by molar-refractivity contribution is 5.89. The lowest BCUT2D eigenvalue weighted by molar-refractivity contribution is -0.232. The molecule has 10 heteroatoms. The van der Waals surface area contributed by atoms with Crippen molar-refractivity contribution in [2.24, 2.45) is 0 Å². The Labute approximate surface area is 174 Å². The second-order valence-corrected chi connectivity index (χ2v) is 8.23. The van der Waals surface area contributed by atoms with Crippen molar-refractivity contribution in [1.29, 1.82) is 0 Å². The van der Waals surface area contributed by atoms with E-state index in [1.807, 2.05) is 33.8 Å². The minimum Gasteiger partial charge on any atom is -0.467 e. The zero-order valence-corrected chi connectivity index (χ0v) is 17.9. The Morgan fingerprint density at radius 3 is 2.40 bits per heavy atom. The lowest BCUT2D eigenvalue weighted by Crippen LogP contribution is -2.54. The van der Waals surface area contributed by atoms with Gasteiger partial charge < -0.3 is 37.6 Å². The molecule has 0 amide bonds. The fourth-order valence-corrected chi connectivity index (χ4v) is 3.94. The summed E-state index contributed by atoms with van der Waals surface area (Å²) in [5, 5.41) is 0. The molecule has 3 fully saturated rings. The number of esters is 1. The van der Waals surface area contributed by atoms with Gasteiger partial charge in [0.15, 0.2) is 17.9 Å². The largest absolute Gasteiger partial charge is 0.467 e. The summed E-state index contributed by atoms with van der Waals surface area (Å²) in [7, 11) is 2.65. The molecule has 3 aliphatic heterocycles. The van der Waals surface area contributed by atoms with Crippen LogP contribution in [0.4, 0.5) is 0 Å². The van der Waals surface area contributed by atoms with E-state index in [9.17, 15) is 4.79 Å². The molecule has 0 saturated carbocycles. The van der Waals surface area contributed by atoms with Gasteiger partial charge in [0.1, 0.15) is 18.3 Å². The Morgan fingerprint density at radius 1 is 1.03 bits per heavy atom. The number of fused-ring (bicyclic) bond motifs is 3. The van der Waals surface area contributed by atoms with Crippen molar-refractivity contribution in [3.8, 4) is 5.95 Å². The first-order valence-corrected chi connectivity index (χ1v) is 9.79. The number of hydrogen-bond acceptors (Lipinski definition) is 10. The number of methoxy groups -OCH3 is 2. The van der Waals surface area contributed by atoms with E-state index < -0.39 is 23.8 Å². The van der Waals surface area contributed by atoms with Crippen molar-refractivity contribution in [1.82, 2.24) is 4.98 Å². The lowest BCUT2D eigenvalue weighted by Gasteiger charge is -2.36. The molecule has 0 spiro atoms. The fourth-order valence-electron chi connectivity index (χ4n) is 3.94. The van der Waals surface area contributed by atoms with Gasteiger partial charge in [-0.2, -0.15) is 4.98 Å². The molecule has 4 rings (SSSR count). The summed E-state index contributed by atoms with van der Waals surface area (Å²) in [4.78, 5) is 15.8. The molecule has 1 aromatic rings. The van der Waals surface area contributed by atoms with Crippen LogP contribution < -0.4 is 4.74 Å². The van der Waals surface area contributed by atoms with Crippen LogP contribution in [-0.4, -0.2) is 67.5 Å². The summed E-state index contributed by atoms with van der Waals surface area (Å²) < 4.78 is 45.4. The van der Waals surface area contributed by atoms with Gasteiger partial charge >= 0.3 is 11.9 Å². The van der Waals surface area contributed by atoms with Gasteiger partial charge in [-0.25, -0.2) is 4.79 Å². The zero-order chi connectivity index (χ0) is 21.7. The predicted molar refractivity (Wildman–Crippen MR) is 101 cm³/mol. The lowest BCUT2D eigenvalue weighted by atomic mass is 9.97. The summed E-state index contributed by atoms with van der Waals surface area (Å²) in [5.41, 5.74) is -0.0236. The zero-order valence-electron chi connectivity index (χ0n) is 17.9. The third-order valence-electron chi connectivity index (χ3n) is 5.06. The van der Waals surface area contributed by atoms with E-state index in [0.29, 0.717) is 6.42 Å². The van der Waals surface area contributed by atoms with Crippen LogP contribution in [0.2, 0.25) is 0 Å². The molecule has 0 aliphatic carbocycles. The molecule has 0 bridgehead atoms. The van der Waals surface area contributed by atoms with E-state index in [0.717, 1.165) is 0 Å². The van der Waals surface area contributed by atoms with Crippen LogP contribution in [0, 0.1) is 0 Å². The topological polar surface area (TPSA) is 108 Å². The summed E-state index contributed by atoms with van der Waals surface area (Å²) >= 11 is 0. The van der Waals surface area contributed by atoms with Gasteiger partial charge in [0.05, 0.1) is 20.3 Å². The Bertz CT molecular complexity index is 830. The SMILES string of the molecule is COC(=O)c1nc(/C=C/C[C@H]2O[C@@H]3OC(C)(C)O[C@@H]3[C@H]3OC(C)(C)O[C@H]32)oc1OC. The van der Waals surface area contributed by atoms with Crippen LogP contribution >= 0.6 is 0 Å². The maximum absolute atomic E-state index is 11.7. The highest BCUT2D eigenvalue weighted by atomic mass is 16.9. The molecule has 5 atom stereocenters. The number of rotatable bonds is 5. The second-order valence-electron chi connectivity index (χ2n) is 8.23. The van der Waals surface area contributed by atoms with E-state index in [-0.39, 0.29) is 41.9 Å². The quantitative estimate of drug-likeness (QED) is 0.652. The summed E-state index contributed by atoms with van der Waals surface area (Å²) in [5.74, 6) is -1.95. The number of carbonyl (C=O) groups is 1. The average Bonchev–Trinajstić information content (AvgIpc) is 3.32. The van der Waals surface area contributed by atoms with Crippen LogP contribution in [0.3, 0.4) is 0 Å². The maximum atomic E-state index is 11.7. The normalized spacial score (nSPS) is 34.0. The molecule has 0 N–H and O–H groups in total. The van der Waals surface area contributed by atoms with E-state index in [2.05, 4.69) is 9.72 Å². The highest BCUT2D eigenvalue weighted by Gasteiger charge is 2.60. The summed E-state index contributed by atoms with van der Waals surface area (Å²) in [6.07, 6.45) is 2.05. The molecule has 3 saturated heterocycles. The van der Waals surface area contributed by atoms with E-state index >= 15 is 0 Å². The number of hydrogen-bond donors (Lipinski definition) is 0. The molecule has 0 aromatic carbocycles. The molecule has 3 aliphatic rings. The smallest absolute Gasteiger partial charge is 0.364 e. The molecule has 166 valence electrons. The number of ether oxygens (including phenoxy) is 7. The first kappa shape index (κ1) is 21.3. The van der Waals surface area contributed by atoms with Crippen molar-refractivity contribution < 1.29 is 42.4 Å². The van der Waals surface area contributed by atoms with Crippen molar-refractivity contribution in [2.75, 3.05) is 14.2 Å². The Balaban J connectivity index is 1.49. The van der Waals surface area contributed by atoms with E-state index in [4.69, 9.17) is 32.8 Å².